The Hall–Kier alpha value is -1.65. The summed E-state index contributed by atoms with van der Waals surface area (Å²) in [6.07, 6.45) is 0. The molecule has 0 N–H and O–H groups in total. The minimum absolute atomic E-state index is 0.0521. The van der Waals surface area contributed by atoms with Gasteiger partial charge in [-0.2, -0.15) is 8.42 Å². The van der Waals surface area contributed by atoms with Crippen molar-refractivity contribution < 1.29 is 12.6 Å². The van der Waals surface area contributed by atoms with Crippen LogP contribution in [0.3, 0.4) is 0 Å². The van der Waals surface area contributed by atoms with Gasteiger partial charge < -0.3 is 0 Å². The number of hydrogen-bond donors (Lipinski definition) is 0. The third-order valence-electron chi connectivity index (χ3n) is 2.81. The summed E-state index contributed by atoms with van der Waals surface area (Å²) in [5, 5.41) is 0. The summed E-state index contributed by atoms with van der Waals surface area (Å²) < 4.78 is 29.0. The van der Waals surface area contributed by atoms with Crippen LogP contribution >= 0.6 is 0 Å². The minimum Gasteiger partial charge on any atom is -0.262 e. The molecule has 2 rings (SSSR count). The van der Waals surface area contributed by atoms with Crippen LogP contribution in [0.25, 0.3) is 0 Å². The van der Waals surface area contributed by atoms with E-state index in [1.165, 1.54) is 0 Å². The molecule has 0 aliphatic heterocycles. The number of hydrogen-bond acceptors (Lipinski definition) is 3. The minimum atomic E-state index is -3.69. The lowest BCUT2D eigenvalue weighted by atomic mass is 10.2. The first-order chi connectivity index (χ1) is 8.97. The molecule has 0 unspecified atom stereocenters. The molecule has 0 aromatic heterocycles. The van der Waals surface area contributed by atoms with Crippen LogP contribution in [0.5, 0.6) is 0 Å². The first-order valence-corrected chi connectivity index (χ1v) is 7.40. The Morgan fingerprint density at radius 3 is 1.84 bits per heavy atom. The quantitative estimate of drug-likeness (QED) is 0.805. The van der Waals surface area contributed by atoms with E-state index >= 15 is 0 Å². The van der Waals surface area contributed by atoms with Crippen molar-refractivity contribution in [3.05, 3.63) is 65.2 Å². The van der Waals surface area contributed by atoms with E-state index in [0.29, 0.717) is 0 Å². The van der Waals surface area contributed by atoms with E-state index in [1.54, 1.807) is 24.3 Å². The van der Waals surface area contributed by atoms with Crippen molar-refractivity contribution in [3.8, 4) is 0 Å². The standard InChI is InChI=1S/C15H16O3S/c1-12-3-7-14(8-4-12)11-18-19(16,17)15-9-5-13(2)6-10-15/h3-10H,11H2,1-2H3. The van der Waals surface area contributed by atoms with Crippen molar-refractivity contribution in [1.29, 1.82) is 0 Å². The fourth-order valence-corrected chi connectivity index (χ4v) is 2.50. The summed E-state index contributed by atoms with van der Waals surface area (Å²) in [5.74, 6) is 0. The Balaban J connectivity index is 2.09. The second-order valence-corrected chi connectivity index (χ2v) is 6.13. The Labute approximate surface area is 114 Å². The van der Waals surface area contributed by atoms with E-state index < -0.39 is 10.1 Å². The maximum absolute atomic E-state index is 12.0. The molecule has 19 heavy (non-hydrogen) atoms. The van der Waals surface area contributed by atoms with Crippen LogP contribution < -0.4 is 0 Å². The molecule has 2 aromatic carbocycles. The topological polar surface area (TPSA) is 43.4 Å². The van der Waals surface area contributed by atoms with E-state index in [9.17, 15) is 8.42 Å². The predicted octanol–water partition coefficient (Wildman–Crippen LogP) is 3.21. The van der Waals surface area contributed by atoms with Crippen molar-refractivity contribution in [3.63, 3.8) is 0 Å². The second kappa shape index (κ2) is 5.55. The molecule has 0 aliphatic carbocycles. The van der Waals surface area contributed by atoms with Crippen molar-refractivity contribution in [2.75, 3.05) is 0 Å². The lowest BCUT2D eigenvalue weighted by Gasteiger charge is -2.06. The summed E-state index contributed by atoms with van der Waals surface area (Å²) in [6.45, 7) is 3.94. The molecule has 3 nitrogen and oxygen atoms in total. The van der Waals surface area contributed by atoms with Gasteiger partial charge >= 0.3 is 0 Å². The van der Waals surface area contributed by atoms with Crippen LogP contribution in [0.1, 0.15) is 16.7 Å². The Morgan fingerprint density at radius 1 is 0.842 bits per heavy atom. The van der Waals surface area contributed by atoms with Crippen LogP contribution in [0.4, 0.5) is 0 Å². The normalized spacial score (nSPS) is 11.5. The molecular weight excluding hydrogens is 260 g/mol. The molecule has 0 bridgehead atoms. The van der Waals surface area contributed by atoms with Crippen molar-refractivity contribution in [2.45, 2.75) is 25.3 Å². The second-order valence-electron chi connectivity index (χ2n) is 4.51. The number of rotatable bonds is 4. The Kier molecular flexibility index (Phi) is 4.02. The molecule has 0 amide bonds. The fraction of sp³-hybridized carbons (Fsp3) is 0.200. The molecule has 0 spiro atoms. The fourth-order valence-electron chi connectivity index (χ4n) is 1.60. The first kappa shape index (κ1) is 13.8. The van der Waals surface area contributed by atoms with Crippen molar-refractivity contribution in [1.82, 2.24) is 0 Å². The zero-order valence-electron chi connectivity index (χ0n) is 11.0. The highest BCUT2D eigenvalue weighted by Crippen LogP contribution is 2.15. The molecule has 100 valence electrons. The molecular formula is C15H16O3S. The zero-order valence-corrected chi connectivity index (χ0v) is 11.8. The van der Waals surface area contributed by atoms with Gasteiger partial charge in [-0.1, -0.05) is 47.5 Å². The van der Waals surface area contributed by atoms with Gasteiger partial charge in [0.15, 0.2) is 0 Å². The van der Waals surface area contributed by atoms with E-state index in [4.69, 9.17) is 4.18 Å². The third-order valence-corrected chi connectivity index (χ3v) is 4.09. The molecule has 0 radical (unpaired) electrons. The summed E-state index contributed by atoms with van der Waals surface area (Å²) in [6, 6.07) is 14.2. The number of benzene rings is 2. The average Bonchev–Trinajstić information content (AvgIpc) is 2.39. The zero-order chi connectivity index (χ0) is 13.9. The van der Waals surface area contributed by atoms with Crippen LogP contribution in [0.2, 0.25) is 0 Å². The van der Waals surface area contributed by atoms with Gasteiger partial charge in [0, 0.05) is 0 Å². The summed E-state index contributed by atoms with van der Waals surface area (Å²) in [7, 11) is -3.69. The van der Waals surface area contributed by atoms with Gasteiger partial charge in [-0.3, -0.25) is 4.18 Å². The lowest BCUT2D eigenvalue weighted by Crippen LogP contribution is -2.06. The van der Waals surface area contributed by atoms with E-state index in [2.05, 4.69) is 0 Å². The highest BCUT2D eigenvalue weighted by molar-refractivity contribution is 7.86. The highest BCUT2D eigenvalue weighted by Gasteiger charge is 2.14. The van der Waals surface area contributed by atoms with Gasteiger partial charge in [0.1, 0.15) is 0 Å². The molecule has 0 heterocycles. The molecule has 2 aromatic rings. The van der Waals surface area contributed by atoms with Crippen molar-refractivity contribution in [2.24, 2.45) is 0 Å². The van der Waals surface area contributed by atoms with Gasteiger partial charge in [-0.15, -0.1) is 0 Å². The van der Waals surface area contributed by atoms with Gasteiger partial charge in [-0.05, 0) is 31.5 Å². The van der Waals surface area contributed by atoms with Gasteiger partial charge in [0.05, 0.1) is 11.5 Å². The van der Waals surface area contributed by atoms with Gasteiger partial charge in [0.2, 0.25) is 0 Å². The summed E-state index contributed by atoms with van der Waals surface area (Å²) in [4.78, 5) is 0.185. The molecule has 0 atom stereocenters. The third kappa shape index (κ3) is 3.66. The monoisotopic (exact) mass is 276 g/mol. The van der Waals surface area contributed by atoms with Gasteiger partial charge in [-0.25, -0.2) is 0 Å². The average molecular weight is 276 g/mol. The maximum atomic E-state index is 12.0. The lowest BCUT2D eigenvalue weighted by molar-refractivity contribution is 0.308. The Bertz CT molecular complexity index is 641. The highest BCUT2D eigenvalue weighted by atomic mass is 32.2. The Morgan fingerprint density at radius 2 is 1.32 bits per heavy atom. The molecule has 0 saturated heterocycles. The van der Waals surface area contributed by atoms with E-state index in [-0.39, 0.29) is 11.5 Å². The molecule has 0 saturated carbocycles. The SMILES string of the molecule is Cc1ccc(COS(=O)(=O)c2ccc(C)cc2)cc1. The summed E-state index contributed by atoms with van der Waals surface area (Å²) >= 11 is 0. The van der Waals surface area contributed by atoms with Crippen LogP contribution in [0.15, 0.2) is 53.4 Å². The molecule has 4 heteroatoms. The van der Waals surface area contributed by atoms with Crippen molar-refractivity contribution >= 4 is 10.1 Å². The predicted molar refractivity (Wildman–Crippen MR) is 74.3 cm³/mol. The van der Waals surface area contributed by atoms with Crippen LogP contribution in [-0.4, -0.2) is 8.42 Å². The first-order valence-electron chi connectivity index (χ1n) is 5.99. The van der Waals surface area contributed by atoms with E-state index in [1.807, 2.05) is 38.1 Å². The summed E-state index contributed by atoms with van der Waals surface area (Å²) in [5.41, 5.74) is 2.98. The largest absolute Gasteiger partial charge is 0.297 e. The number of aryl methyl sites for hydroxylation is 2. The van der Waals surface area contributed by atoms with E-state index in [0.717, 1.165) is 16.7 Å². The smallest absolute Gasteiger partial charge is 0.262 e. The van der Waals surface area contributed by atoms with Crippen LogP contribution in [0, 0.1) is 13.8 Å². The maximum Gasteiger partial charge on any atom is 0.297 e. The molecule has 0 fully saturated rings. The van der Waals surface area contributed by atoms with Crippen LogP contribution in [-0.2, 0) is 20.9 Å². The molecule has 0 aliphatic rings. The van der Waals surface area contributed by atoms with Gasteiger partial charge in [0.25, 0.3) is 10.1 Å².